The number of nitrogens with one attached hydrogen (secondary N) is 1. The predicted octanol–water partition coefficient (Wildman–Crippen LogP) is 4.18. The van der Waals surface area contributed by atoms with Gasteiger partial charge in [0.15, 0.2) is 5.69 Å². The maximum atomic E-state index is 13.1. The second-order valence-corrected chi connectivity index (χ2v) is 8.30. The Kier molecular flexibility index (Phi) is 6.58. The first-order valence-electron chi connectivity index (χ1n) is 10.1. The van der Waals surface area contributed by atoms with Gasteiger partial charge < -0.3 is 5.32 Å². The van der Waals surface area contributed by atoms with E-state index in [1.54, 1.807) is 19.9 Å². The molecule has 178 valence electrons. The van der Waals surface area contributed by atoms with E-state index in [4.69, 9.17) is 0 Å². The molecule has 2 aromatic carbocycles. The molecule has 0 radical (unpaired) electrons. The highest BCUT2D eigenvalue weighted by Crippen LogP contribution is 2.32. The molecule has 3 aromatic rings. The van der Waals surface area contributed by atoms with Gasteiger partial charge in [-0.05, 0) is 24.6 Å². The molecule has 0 aliphatic rings. The molecule has 0 spiro atoms. The van der Waals surface area contributed by atoms with E-state index >= 15 is 0 Å². The lowest BCUT2D eigenvalue weighted by molar-refractivity contribution is -0.384. The number of aromatic nitrogens is 2. The highest BCUT2D eigenvalue weighted by atomic mass is 19.4. The molecule has 0 aliphatic carbocycles. The Morgan fingerprint density at radius 2 is 1.74 bits per heavy atom. The number of benzene rings is 2. The molecule has 0 saturated heterocycles. The zero-order valence-corrected chi connectivity index (χ0v) is 18.5. The van der Waals surface area contributed by atoms with Crippen LogP contribution in [0.1, 0.15) is 41.2 Å². The van der Waals surface area contributed by atoms with E-state index < -0.39 is 39.1 Å². The number of para-hydroxylation sites is 2. The van der Waals surface area contributed by atoms with Gasteiger partial charge in [0, 0.05) is 29.8 Å². The van der Waals surface area contributed by atoms with Crippen molar-refractivity contribution >= 4 is 11.6 Å². The Morgan fingerprint density at radius 1 is 1.09 bits per heavy atom. The molecule has 0 unspecified atom stereocenters. The quantitative estimate of drug-likeness (QED) is 0.426. The van der Waals surface area contributed by atoms with E-state index in [9.17, 15) is 32.9 Å². The lowest BCUT2D eigenvalue weighted by Crippen LogP contribution is -2.39. The molecule has 0 fully saturated rings. The number of rotatable bonds is 6. The Labute approximate surface area is 192 Å². The molecule has 1 N–H and O–H groups in total. The average molecular weight is 474 g/mol. The van der Waals surface area contributed by atoms with Crippen LogP contribution >= 0.6 is 0 Å². The van der Waals surface area contributed by atoms with Crippen LogP contribution in [0.4, 0.5) is 18.9 Å². The van der Waals surface area contributed by atoms with Crippen LogP contribution in [-0.4, -0.2) is 27.2 Å². The highest BCUT2D eigenvalue weighted by Gasteiger charge is 2.32. The van der Waals surface area contributed by atoms with Gasteiger partial charge in [-0.25, -0.2) is 4.68 Å². The summed E-state index contributed by atoms with van der Waals surface area (Å²) in [5.41, 5.74) is -2.47. The van der Waals surface area contributed by atoms with E-state index in [1.807, 2.05) is 0 Å². The van der Waals surface area contributed by atoms with Crippen molar-refractivity contribution in [3.05, 3.63) is 97.4 Å². The van der Waals surface area contributed by atoms with E-state index in [1.165, 1.54) is 37.3 Å². The summed E-state index contributed by atoms with van der Waals surface area (Å²) in [7, 11) is 0. The molecule has 8 nitrogen and oxygen atoms in total. The molecule has 11 heteroatoms. The normalized spacial score (nSPS) is 11.8. The van der Waals surface area contributed by atoms with Gasteiger partial charge in [0.05, 0.1) is 10.5 Å². The van der Waals surface area contributed by atoms with Gasteiger partial charge >= 0.3 is 6.18 Å². The van der Waals surface area contributed by atoms with E-state index in [-0.39, 0.29) is 23.6 Å². The maximum absolute atomic E-state index is 13.1. The summed E-state index contributed by atoms with van der Waals surface area (Å²) < 4.78 is 40.3. The van der Waals surface area contributed by atoms with E-state index in [0.29, 0.717) is 5.56 Å². The largest absolute Gasteiger partial charge is 0.416 e. The first-order chi connectivity index (χ1) is 15.8. The Morgan fingerprint density at radius 3 is 2.38 bits per heavy atom. The SMILES string of the molecule is Cc1cc(=O)c(C(=O)NCC(C)(C)c2cccc(C(F)(F)F)c2)nn1-c1ccccc1[N+](=O)[O-]. The number of nitro groups is 1. The molecule has 3 rings (SSSR count). The number of carbonyl (C=O) groups is 1. The summed E-state index contributed by atoms with van der Waals surface area (Å²) >= 11 is 0. The van der Waals surface area contributed by atoms with Crippen LogP contribution in [0.2, 0.25) is 0 Å². The van der Waals surface area contributed by atoms with Gasteiger partial charge in [-0.3, -0.25) is 19.7 Å². The van der Waals surface area contributed by atoms with Crippen LogP contribution in [-0.2, 0) is 11.6 Å². The molecule has 0 bridgehead atoms. The number of hydrogen-bond acceptors (Lipinski definition) is 5. The minimum absolute atomic E-state index is 0.0725. The fourth-order valence-electron chi connectivity index (χ4n) is 3.35. The van der Waals surface area contributed by atoms with Crippen LogP contribution in [0.25, 0.3) is 5.69 Å². The van der Waals surface area contributed by atoms with E-state index in [0.717, 1.165) is 22.9 Å². The zero-order valence-electron chi connectivity index (χ0n) is 18.5. The predicted molar refractivity (Wildman–Crippen MR) is 118 cm³/mol. The monoisotopic (exact) mass is 474 g/mol. The minimum Gasteiger partial charge on any atom is -0.350 e. The van der Waals surface area contributed by atoms with Crippen molar-refractivity contribution in [2.75, 3.05) is 6.54 Å². The summed E-state index contributed by atoms with van der Waals surface area (Å²) in [6.07, 6.45) is -4.51. The number of hydrogen-bond donors (Lipinski definition) is 1. The van der Waals surface area contributed by atoms with Gasteiger partial charge in [-0.1, -0.05) is 44.2 Å². The molecule has 0 saturated carbocycles. The maximum Gasteiger partial charge on any atom is 0.416 e. The fraction of sp³-hybridized carbons (Fsp3) is 0.261. The second kappa shape index (κ2) is 9.08. The minimum atomic E-state index is -4.51. The lowest BCUT2D eigenvalue weighted by Gasteiger charge is -2.26. The van der Waals surface area contributed by atoms with Crippen molar-refractivity contribution in [3.63, 3.8) is 0 Å². The van der Waals surface area contributed by atoms with Gasteiger partial charge in [0.1, 0.15) is 5.69 Å². The van der Waals surface area contributed by atoms with Crippen molar-refractivity contribution in [2.45, 2.75) is 32.4 Å². The molecular formula is C23H21F3N4O4. The van der Waals surface area contributed by atoms with Crippen molar-refractivity contribution in [3.8, 4) is 5.69 Å². The van der Waals surface area contributed by atoms with Crippen LogP contribution in [0.3, 0.4) is 0 Å². The van der Waals surface area contributed by atoms with Crippen LogP contribution in [0.5, 0.6) is 0 Å². The molecule has 0 atom stereocenters. The first-order valence-corrected chi connectivity index (χ1v) is 10.1. The molecule has 1 heterocycles. The standard InChI is InChI=1S/C23H21F3N4O4/c1-14-11-19(31)20(28-29(14)17-9-4-5-10-18(17)30(33)34)21(32)27-13-22(2,3)15-7-6-8-16(12-15)23(24,25)26/h4-12H,13H2,1-3H3,(H,27,32). The molecule has 1 amide bonds. The third kappa shape index (κ3) is 5.13. The van der Waals surface area contributed by atoms with Gasteiger partial charge in [-0.2, -0.15) is 18.3 Å². The summed E-state index contributed by atoms with van der Waals surface area (Å²) in [4.78, 5) is 36.0. The fourth-order valence-corrected chi connectivity index (χ4v) is 3.35. The summed E-state index contributed by atoms with van der Waals surface area (Å²) in [6.45, 7) is 4.73. The number of nitro benzene ring substituents is 1. The second-order valence-electron chi connectivity index (χ2n) is 8.30. The van der Waals surface area contributed by atoms with Crippen LogP contribution in [0.15, 0.2) is 59.4 Å². The number of amides is 1. The highest BCUT2D eigenvalue weighted by molar-refractivity contribution is 5.92. The summed E-state index contributed by atoms with van der Waals surface area (Å²) in [6, 6.07) is 11.6. The molecular weight excluding hydrogens is 453 g/mol. The van der Waals surface area contributed by atoms with Gasteiger partial charge in [0.25, 0.3) is 11.6 Å². The Hall–Kier alpha value is -4.02. The third-order valence-corrected chi connectivity index (χ3v) is 5.29. The number of carbonyl (C=O) groups excluding carboxylic acids is 1. The Balaban J connectivity index is 1.90. The first kappa shape index (κ1) is 24.6. The smallest absolute Gasteiger partial charge is 0.350 e. The van der Waals surface area contributed by atoms with Crippen LogP contribution < -0.4 is 10.7 Å². The van der Waals surface area contributed by atoms with Crippen molar-refractivity contribution in [1.29, 1.82) is 0 Å². The number of nitrogens with zero attached hydrogens (tertiary/aromatic N) is 3. The number of alkyl halides is 3. The Bertz CT molecular complexity index is 1320. The number of aryl methyl sites for hydroxylation is 1. The topological polar surface area (TPSA) is 107 Å². The number of halogens is 3. The zero-order chi connectivity index (χ0) is 25.3. The van der Waals surface area contributed by atoms with Crippen molar-refractivity contribution < 1.29 is 22.9 Å². The average Bonchev–Trinajstić information content (AvgIpc) is 2.77. The molecule has 0 aliphatic heterocycles. The van der Waals surface area contributed by atoms with Gasteiger partial charge in [0.2, 0.25) is 5.43 Å². The summed E-state index contributed by atoms with van der Waals surface area (Å²) in [5, 5.41) is 18.0. The summed E-state index contributed by atoms with van der Waals surface area (Å²) in [5.74, 6) is -0.850. The van der Waals surface area contributed by atoms with Crippen molar-refractivity contribution in [1.82, 2.24) is 15.1 Å². The third-order valence-electron chi connectivity index (χ3n) is 5.29. The van der Waals surface area contributed by atoms with Crippen molar-refractivity contribution in [2.24, 2.45) is 0 Å². The lowest BCUT2D eigenvalue weighted by atomic mass is 9.83. The molecule has 34 heavy (non-hydrogen) atoms. The van der Waals surface area contributed by atoms with E-state index in [2.05, 4.69) is 10.4 Å². The van der Waals surface area contributed by atoms with Gasteiger partial charge in [-0.15, -0.1) is 0 Å². The van der Waals surface area contributed by atoms with Crippen LogP contribution in [0, 0.1) is 17.0 Å². The molecule has 1 aromatic heterocycles.